The van der Waals surface area contributed by atoms with Crippen molar-refractivity contribution >= 4 is 0 Å². The second kappa shape index (κ2) is 17.4. The van der Waals surface area contributed by atoms with Crippen molar-refractivity contribution in [3.05, 3.63) is 0 Å². The number of rotatable bonds is 10. The third-order valence-electron chi connectivity index (χ3n) is 3.10. The molecule has 0 aromatic carbocycles. The molecular formula is C16H36. The van der Waals surface area contributed by atoms with Crippen LogP contribution in [0, 0.1) is 5.92 Å². The molecule has 0 aromatic rings. The van der Waals surface area contributed by atoms with E-state index in [0.29, 0.717) is 0 Å². The van der Waals surface area contributed by atoms with E-state index in [2.05, 4.69) is 20.8 Å². The van der Waals surface area contributed by atoms with Crippen LogP contribution in [0.2, 0.25) is 0 Å². The summed E-state index contributed by atoms with van der Waals surface area (Å²) in [5.74, 6) is 0.976. The number of hydrogen-bond acceptors (Lipinski definition) is 0. The fourth-order valence-corrected chi connectivity index (χ4v) is 1.98. The van der Waals surface area contributed by atoms with E-state index in [9.17, 15) is 0 Å². The minimum Gasteiger partial charge on any atom is -0.0683 e. The molecule has 0 amide bonds. The van der Waals surface area contributed by atoms with Gasteiger partial charge in [0.2, 0.25) is 0 Å². The van der Waals surface area contributed by atoms with Gasteiger partial charge in [-0.15, -0.1) is 0 Å². The Balaban J connectivity index is 0. The van der Waals surface area contributed by atoms with Gasteiger partial charge in [0, 0.05) is 0 Å². The maximum Gasteiger partial charge on any atom is -0.0443 e. The summed E-state index contributed by atoms with van der Waals surface area (Å²) >= 11 is 0. The molecular weight excluding hydrogens is 192 g/mol. The highest BCUT2D eigenvalue weighted by atomic mass is 14.1. The zero-order chi connectivity index (χ0) is 12.6. The maximum atomic E-state index is 2.43. The highest BCUT2D eigenvalue weighted by Gasteiger charge is 2.01. The molecule has 0 fully saturated rings. The molecule has 0 saturated heterocycles. The van der Waals surface area contributed by atoms with E-state index in [-0.39, 0.29) is 0 Å². The minimum atomic E-state index is 0.976. The summed E-state index contributed by atoms with van der Waals surface area (Å²) < 4.78 is 0. The quantitative estimate of drug-likeness (QED) is 0.370. The molecule has 0 unspecified atom stereocenters. The molecule has 0 rings (SSSR count). The van der Waals surface area contributed by atoms with Gasteiger partial charge < -0.3 is 0 Å². The third-order valence-corrected chi connectivity index (χ3v) is 3.10. The van der Waals surface area contributed by atoms with Gasteiger partial charge >= 0.3 is 0 Å². The Bertz CT molecular complexity index is 84.2. The van der Waals surface area contributed by atoms with E-state index >= 15 is 0 Å². The van der Waals surface area contributed by atoms with Crippen LogP contribution in [0.25, 0.3) is 0 Å². The van der Waals surface area contributed by atoms with Crippen molar-refractivity contribution in [3.8, 4) is 0 Å². The molecule has 0 aliphatic carbocycles. The molecule has 0 atom stereocenters. The topological polar surface area (TPSA) is 0 Å². The lowest BCUT2D eigenvalue weighted by molar-refractivity contribution is 0.436. The Labute approximate surface area is 105 Å². The van der Waals surface area contributed by atoms with Crippen LogP contribution in [0.4, 0.5) is 0 Å². The van der Waals surface area contributed by atoms with Crippen LogP contribution in [0.3, 0.4) is 0 Å². The SMILES string of the molecule is CC.CCCCCCC(C)CCCCCC. The standard InChI is InChI=1S/C14H30.C2H6/c1-4-6-8-10-12-14(3)13-11-9-7-5-2;1-2/h14H,4-13H2,1-3H3;1-2H3. The van der Waals surface area contributed by atoms with Crippen molar-refractivity contribution in [2.75, 3.05) is 0 Å². The molecule has 0 heterocycles. The third kappa shape index (κ3) is 16.4. The van der Waals surface area contributed by atoms with Crippen molar-refractivity contribution in [3.63, 3.8) is 0 Å². The van der Waals surface area contributed by atoms with Gasteiger partial charge in [-0.05, 0) is 5.92 Å². The van der Waals surface area contributed by atoms with Crippen molar-refractivity contribution in [1.82, 2.24) is 0 Å². The summed E-state index contributed by atoms with van der Waals surface area (Å²) in [6.07, 6.45) is 14.4. The molecule has 0 aromatic heterocycles. The van der Waals surface area contributed by atoms with Crippen LogP contribution in [0.5, 0.6) is 0 Å². The predicted octanol–water partition coefficient (Wildman–Crippen LogP) is 6.59. The summed E-state index contributed by atoms with van der Waals surface area (Å²) in [5.41, 5.74) is 0. The Kier molecular flexibility index (Phi) is 20.0. The van der Waals surface area contributed by atoms with Gasteiger partial charge in [0.05, 0.1) is 0 Å². The van der Waals surface area contributed by atoms with Gasteiger partial charge in [-0.25, -0.2) is 0 Å². The molecule has 0 spiro atoms. The first-order valence-electron chi connectivity index (χ1n) is 7.81. The Hall–Kier alpha value is 0. The van der Waals surface area contributed by atoms with E-state index in [0.717, 1.165) is 5.92 Å². The second-order valence-corrected chi connectivity index (χ2v) is 4.80. The molecule has 16 heavy (non-hydrogen) atoms. The molecule has 0 radical (unpaired) electrons. The number of hydrogen-bond donors (Lipinski definition) is 0. The average Bonchev–Trinajstić information content (AvgIpc) is 2.33. The Morgan fingerprint density at radius 2 is 1.00 bits per heavy atom. The molecule has 0 saturated carbocycles. The maximum absolute atomic E-state index is 2.43. The van der Waals surface area contributed by atoms with Gasteiger partial charge in [0.25, 0.3) is 0 Å². The van der Waals surface area contributed by atoms with Crippen molar-refractivity contribution in [2.24, 2.45) is 5.92 Å². The minimum absolute atomic E-state index is 0.976. The first-order valence-corrected chi connectivity index (χ1v) is 7.81. The van der Waals surface area contributed by atoms with Crippen molar-refractivity contribution in [1.29, 1.82) is 0 Å². The smallest absolute Gasteiger partial charge is 0.0443 e. The molecule has 0 bridgehead atoms. The molecule has 100 valence electrons. The molecule has 0 aliphatic rings. The fraction of sp³-hybridized carbons (Fsp3) is 1.00. The second-order valence-electron chi connectivity index (χ2n) is 4.80. The lowest BCUT2D eigenvalue weighted by Gasteiger charge is -2.10. The first-order chi connectivity index (χ1) is 7.81. The van der Waals surface area contributed by atoms with Gasteiger partial charge in [-0.1, -0.05) is 98.8 Å². The first kappa shape index (κ1) is 18.4. The lowest BCUT2D eigenvalue weighted by atomic mass is 9.96. The molecule has 0 N–H and O–H groups in total. The van der Waals surface area contributed by atoms with E-state index in [1.54, 1.807) is 0 Å². The van der Waals surface area contributed by atoms with E-state index in [1.165, 1.54) is 64.2 Å². The summed E-state index contributed by atoms with van der Waals surface area (Å²) in [4.78, 5) is 0. The van der Waals surface area contributed by atoms with Crippen LogP contribution in [0.1, 0.15) is 98.8 Å². The largest absolute Gasteiger partial charge is 0.0683 e. The Morgan fingerprint density at radius 3 is 1.31 bits per heavy atom. The summed E-state index contributed by atoms with van der Waals surface area (Å²) in [7, 11) is 0. The lowest BCUT2D eigenvalue weighted by Crippen LogP contribution is -1.94. The van der Waals surface area contributed by atoms with Gasteiger partial charge in [-0.2, -0.15) is 0 Å². The van der Waals surface area contributed by atoms with E-state index in [4.69, 9.17) is 0 Å². The summed E-state index contributed by atoms with van der Waals surface area (Å²) in [6, 6.07) is 0. The highest BCUT2D eigenvalue weighted by Crippen LogP contribution is 2.17. The normalized spacial score (nSPS) is 10.1. The van der Waals surface area contributed by atoms with Crippen LogP contribution in [-0.4, -0.2) is 0 Å². The van der Waals surface area contributed by atoms with Crippen LogP contribution < -0.4 is 0 Å². The zero-order valence-corrected chi connectivity index (χ0v) is 12.6. The van der Waals surface area contributed by atoms with Crippen LogP contribution >= 0.6 is 0 Å². The summed E-state index contributed by atoms with van der Waals surface area (Å²) in [6.45, 7) is 11.0. The molecule has 0 nitrogen and oxygen atoms in total. The van der Waals surface area contributed by atoms with Gasteiger partial charge in [0.1, 0.15) is 0 Å². The molecule has 0 heteroatoms. The fourth-order valence-electron chi connectivity index (χ4n) is 1.98. The van der Waals surface area contributed by atoms with Crippen molar-refractivity contribution < 1.29 is 0 Å². The van der Waals surface area contributed by atoms with Crippen LogP contribution in [0.15, 0.2) is 0 Å². The van der Waals surface area contributed by atoms with Crippen molar-refractivity contribution in [2.45, 2.75) is 98.8 Å². The van der Waals surface area contributed by atoms with Gasteiger partial charge in [-0.3, -0.25) is 0 Å². The predicted molar refractivity (Wildman–Crippen MR) is 78.0 cm³/mol. The van der Waals surface area contributed by atoms with Gasteiger partial charge in [0.15, 0.2) is 0 Å². The van der Waals surface area contributed by atoms with E-state index in [1.807, 2.05) is 13.8 Å². The molecule has 0 aliphatic heterocycles. The zero-order valence-electron chi connectivity index (χ0n) is 12.6. The Morgan fingerprint density at radius 1 is 0.625 bits per heavy atom. The summed E-state index contributed by atoms with van der Waals surface area (Å²) in [5, 5.41) is 0. The number of unbranched alkanes of at least 4 members (excludes halogenated alkanes) is 6. The highest BCUT2D eigenvalue weighted by molar-refractivity contribution is 4.54. The monoisotopic (exact) mass is 228 g/mol. The van der Waals surface area contributed by atoms with E-state index < -0.39 is 0 Å². The van der Waals surface area contributed by atoms with Crippen LogP contribution in [-0.2, 0) is 0 Å². The average molecular weight is 228 g/mol.